The van der Waals surface area contributed by atoms with Crippen LogP contribution in [0.1, 0.15) is 18.4 Å². The first-order valence-electron chi connectivity index (χ1n) is 11.3. The molecular weight excluding hydrogens is 462 g/mol. The fourth-order valence-corrected chi connectivity index (χ4v) is 5.34. The van der Waals surface area contributed by atoms with Gasteiger partial charge in [0.1, 0.15) is 12.4 Å². The lowest BCUT2D eigenvalue weighted by molar-refractivity contribution is -0.116. The first kappa shape index (κ1) is 22.9. The highest BCUT2D eigenvalue weighted by molar-refractivity contribution is 8.03. The first-order valence-corrected chi connectivity index (χ1v) is 12.2. The van der Waals surface area contributed by atoms with Crippen LogP contribution in [0.25, 0.3) is 22.6 Å². The van der Waals surface area contributed by atoms with E-state index in [4.69, 9.17) is 0 Å². The molecule has 8 nitrogen and oxygen atoms in total. The minimum absolute atomic E-state index is 0.130. The number of thioether (sulfide) groups is 1. The summed E-state index contributed by atoms with van der Waals surface area (Å²) in [6.45, 7) is 2.07. The maximum atomic E-state index is 13.1. The lowest BCUT2D eigenvalue weighted by Gasteiger charge is -2.15. The van der Waals surface area contributed by atoms with E-state index in [-0.39, 0.29) is 23.6 Å². The van der Waals surface area contributed by atoms with E-state index in [1.807, 2.05) is 66.4 Å². The maximum Gasteiger partial charge on any atom is 0.332 e. The number of anilines is 1. The molecule has 178 valence electrons. The number of nitrogens with one attached hydrogen (secondary N) is 1. The Bertz CT molecular complexity index is 1570. The van der Waals surface area contributed by atoms with Crippen molar-refractivity contribution in [3.63, 3.8) is 0 Å². The summed E-state index contributed by atoms with van der Waals surface area (Å²) in [6, 6.07) is 17.1. The third-order valence-corrected chi connectivity index (χ3v) is 7.38. The van der Waals surface area contributed by atoms with Crippen molar-refractivity contribution >= 4 is 34.5 Å². The first-order chi connectivity index (χ1) is 16.8. The average Bonchev–Trinajstić information content (AvgIpc) is 3.46. The van der Waals surface area contributed by atoms with Crippen molar-refractivity contribution in [2.45, 2.75) is 24.6 Å². The minimum atomic E-state index is -0.494. The van der Waals surface area contributed by atoms with Gasteiger partial charge >= 0.3 is 5.69 Å². The molecule has 0 saturated carbocycles. The number of aryl methyl sites for hydroxylation is 1. The summed E-state index contributed by atoms with van der Waals surface area (Å²) in [7, 11) is 2.99. The van der Waals surface area contributed by atoms with Gasteiger partial charge in [-0.2, -0.15) is 0 Å². The molecule has 5 rings (SSSR count). The highest BCUT2D eigenvalue weighted by Gasteiger charge is 2.23. The van der Waals surface area contributed by atoms with E-state index in [0.29, 0.717) is 22.7 Å². The summed E-state index contributed by atoms with van der Waals surface area (Å²) in [5, 5.41) is 5.54. The van der Waals surface area contributed by atoms with Gasteiger partial charge in [-0.25, -0.2) is 9.78 Å². The molecule has 1 N–H and O–H groups in total. The van der Waals surface area contributed by atoms with Gasteiger partial charge in [0.15, 0.2) is 11.2 Å². The van der Waals surface area contributed by atoms with Crippen molar-refractivity contribution in [1.29, 1.82) is 0 Å². The number of nitrogens with zero attached hydrogens (tertiary/aromatic N) is 4. The lowest BCUT2D eigenvalue weighted by Crippen LogP contribution is -2.37. The molecule has 2 aromatic heterocycles. The molecular formula is C26H25N5O3S. The Balaban J connectivity index is 1.49. The van der Waals surface area contributed by atoms with Gasteiger partial charge in [-0.05, 0) is 23.1 Å². The van der Waals surface area contributed by atoms with Crippen molar-refractivity contribution in [2.24, 2.45) is 14.1 Å². The second kappa shape index (κ2) is 9.07. The van der Waals surface area contributed by atoms with E-state index in [0.717, 1.165) is 10.1 Å². The van der Waals surface area contributed by atoms with Crippen molar-refractivity contribution in [3.05, 3.63) is 92.5 Å². The third-order valence-electron chi connectivity index (χ3n) is 6.35. The van der Waals surface area contributed by atoms with Gasteiger partial charge in [-0.1, -0.05) is 55.5 Å². The van der Waals surface area contributed by atoms with Gasteiger partial charge in [0.05, 0.1) is 0 Å². The van der Waals surface area contributed by atoms with Gasteiger partial charge in [0, 0.05) is 36.5 Å². The molecule has 0 radical (unpaired) electrons. The zero-order valence-electron chi connectivity index (χ0n) is 19.6. The second-order valence-electron chi connectivity index (χ2n) is 8.63. The van der Waals surface area contributed by atoms with Crippen molar-refractivity contribution in [1.82, 2.24) is 18.7 Å². The molecule has 0 fully saturated rings. The predicted molar refractivity (Wildman–Crippen MR) is 140 cm³/mol. The molecule has 0 saturated heterocycles. The van der Waals surface area contributed by atoms with Crippen molar-refractivity contribution in [3.8, 4) is 11.4 Å². The lowest BCUT2D eigenvalue weighted by atomic mass is 9.96. The highest BCUT2D eigenvalue weighted by Crippen LogP contribution is 2.37. The number of aromatic nitrogens is 4. The van der Waals surface area contributed by atoms with Gasteiger partial charge in [0.2, 0.25) is 5.91 Å². The molecule has 4 aromatic rings. The Kier molecular flexibility index (Phi) is 5.94. The topological polar surface area (TPSA) is 90.9 Å². The van der Waals surface area contributed by atoms with E-state index in [2.05, 4.69) is 28.7 Å². The number of benzene rings is 2. The van der Waals surface area contributed by atoms with Gasteiger partial charge in [-0.15, -0.1) is 11.8 Å². The van der Waals surface area contributed by atoms with Crippen LogP contribution in [0.15, 0.2) is 75.7 Å². The van der Waals surface area contributed by atoms with Crippen molar-refractivity contribution < 1.29 is 4.79 Å². The zero-order chi connectivity index (χ0) is 24.7. The smallest absolute Gasteiger partial charge is 0.325 e. The number of carbonyl (C=O) groups excluding carboxylic acids is 1. The molecule has 1 amide bonds. The number of allylic oxidation sites excluding steroid dienone is 1. The summed E-state index contributed by atoms with van der Waals surface area (Å²) in [6.07, 6.45) is 2.20. The van der Waals surface area contributed by atoms with Crippen LogP contribution in [0.4, 0.5) is 5.69 Å². The maximum absolute atomic E-state index is 13.1. The molecule has 1 aliphatic rings. The quantitative estimate of drug-likeness (QED) is 0.466. The minimum Gasteiger partial charge on any atom is -0.325 e. The monoisotopic (exact) mass is 487 g/mol. The van der Waals surface area contributed by atoms with E-state index in [9.17, 15) is 14.4 Å². The number of amides is 1. The van der Waals surface area contributed by atoms with Crippen LogP contribution in [0.3, 0.4) is 0 Å². The Morgan fingerprint density at radius 2 is 1.74 bits per heavy atom. The molecule has 0 aliphatic carbocycles. The van der Waals surface area contributed by atoms with Crippen molar-refractivity contribution in [2.75, 3.05) is 5.32 Å². The van der Waals surface area contributed by atoms with Crippen LogP contribution >= 0.6 is 11.8 Å². The summed E-state index contributed by atoms with van der Waals surface area (Å²) < 4.78 is 3.94. The fraction of sp³-hybridized carbons (Fsp3) is 0.231. The standard InChI is InChI=1S/C26H25N5O3S/c1-16-20(13-14-35-16)17-9-11-19(12-10-17)27-21(32)15-31-22-24(29(2)26(34)30(3)25(22)33)28-23(31)18-7-5-4-6-8-18/h4-14,16,20H,15H2,1-3H3,(H,27,32). The Hall–Kier alpha value is -3.85. The normalized spacial score (nSPS) is 17.2. The average molecular weight is 488 g/mol. The van der Waals surface area contributed by atoms with E-state index >= 15 is 0 Å². The molecule has 1 aliphatic heterocycles. The number of fused-ring (bicyclic) bond motifs is 1. The van der Waals surface area contributed by atoms with Crippen LogP contribution in [-0.2, 0) is 25.4 Å². The molecule has 2 unspecified atom stereocenters. The predicted octanol–water partition coefficient (Wildman–Crippen LogP) is 3.47. The Labute approximate surface area is 205 Å². The molecule has 2 aromatic carbocycles. The number of carbonyl (C=O) groups is 1. The number of hydrogen-bond donors (Lipinski definition) is 1. The van der Waals surface area contributed by atoms with Gasteiger partial charge in [0.25, 0.3) is 5.56 Å². The molecule has 35 heavy (non-hydrogen) atoms. The molecule has 0 spiro atoms. The number of rotatable bonds is 5. The van der Waals surface area contributed by atoms with Crippen LogP contribution in [-0.4, -0.2) is 29.8 Å². The molecule has 9 heteroatoms. The SMILES string of the molecule is CC1SC=CC1c1ccc(NC(=O)Cn2c(-c3ccccc3)nc3c2c(=O)n(C)c(=O)n3C)cc1. The molecule has 3 heterocycles. The third kappa shape index (κ3) is 4.12. The van der Waals surface area contributed by atoms with Gasteiger partial charge in [-0.3, -0.25) is 18.7 Å². The Morgan fingerprint density at radius 1 is 1.03 bits per heavy atom. The summed E-state index contributed by atoms with van der Waals surface area (Å²) >= 11 is 1.81. The highest BCUT2D eigenvalue weighted by atomic mass is 32.2. The number of hydrogen-bond acceptors (Lipinski definition) is 5. The van der Waals surface area contributed by atoms with Crippen LogP contribution in [0.2, 0.25) is 0 Å². The summed E-state index contributed by atoms with van der Waals surface area (Å²) in [4.78, 5) is 43.2. The zero-order valence-corrected chi connectivity index (χ0v) is 20.5. The Morgan fingerprint density at radius 3 is 2.40 bits per heavy atom. The molecule has 0 bridgehead atoms. The second-order valence-corrected chi connectivity index (χ2v) is 9.92. The summed E-state index contributed by atoms with van der Waals surface area (Å²) in [5.74, 6) is 0.511. The van der Waals surface area contributed by atoms with E-state index < -0.39 is 11.2 Å². The molecule has 2 atom stereocenters. The van der Waals surface area contributed by atoms with Crippen LogP contribution in [0.5, 0.6) is 0 Å². The number of imidazole rings is 1. The van der Waals surface area contributed by atoms with Crippen LogP contribution < -0.4 is 16.6 Å². The van der Waals surface area contributed by atoms with E-state index in [1.165, 1.54) is 17.2 Å². The van der Waals surface area contributed by atoms with E-state index in [1.54, 1.807) is 11.6 Å². The van der Waals surface area contributed by atoms with Gasteiger partial charge < -0.3 is 9.88 Å². The largest absolute Gasteiger partial charge is 0.332 e. The fourth-order valence-electron chi connectivity index (χ4n) is 4.42. The van der Waals surface area contributed by atoms with Crippen LogP contribution in [0, 0.1) is 0 Å². The summed E-state index contributed by atoms with van der Waals surface area (Å²) in [5.41, 5.74) is 2.10.